The first-order valence-electron chi connectivity index (χ1n) is 20.1. The van der Waals surface area contributed by atoms with Crippen LogP contribution < -0.4 is 30.7 Å². The number of hydrogen-bond donors (Lipinski definition) is 3. The topological polar surface area (TPSA) is 178 Å². The second-order valence-corrected chi connectivity index (χ2v) is 16.6. The highest BCUT2D eigenvalue weighted by Gasteiger charge is 2.31. The summed E-state index contributed by atoms with van der Waals surface area (Å²) in [5.41, 5.74) is 6.39. The molecule has 59 heavy (non-hydrogen) atoms. The average Bonchev–Trinajstić information content (AvgIpc) is 3.72. The van der Waals surface area contributed by atoms with E-state index in [0.29, 0.717) is 36.3 Å². The summed E-state index contributed by atoms with van der Waals surface area (Å²) in [6, 6.07) is 19.4. The normalized spacial score (nSPS) is 17.1. The Balaban J connectivity index is 0.788. The van der Waals surface area contributed by atoms with Crippen LogP contribution in [0.25, 0.3) is 11.3 Å². The average molecular weight is 799 g/mol. The first kappa shape index (κ1) is 39.4. The summed E-state index contributed by atoms with van der Waals surface area (Å²) < 4.78 is 5.22. The number of rotatable bonds is 11. The van der Waals surface area contributed by atoms with Crippen LogP contribution in [-0.2, 0) is 10.2 Å². The van der Waals surface area contributed by atoms with E-state index in [1.54, 1.807) is 4.90 Å². The SMILES string of the molecule is Cc1cc(-c2cc(Nc3ccc(N4CCN(CC5CN(c6ccc(N7CCC(=O)NC7=O)cc6)C5)CC4)cn3)ncn2)ccc1[C@@H](C)NC(=O)c1nc(C(C)(C)C)no1. The van der Waals surface area contributed by atoms with Gasteiger partial charge < -0.3 is 25.0 Å². The molecule has 16 nitrogen and oxygen atoms in total. The van der Waals surface area contributed by atoms with E-state index in [2.05, 4.69) is 75.0 Å². The molecular formula is C43H50N12O4. The maximum absolute atomic E-state index is 12.8. The minimum absolute atomic E-state index is 0.0526. The van der Waals surface area contributed by atoms with E-state index < -0.39 is 5.91 Å². The number of pyridine rings is 1. The number of carbonyl (C=O) groups excluding carboxylic acids is 3. The van der Waals surface area contributed by atoms with Crippen molar-refractivity contribution in [3.63, 3.8) is 0 Å². The molecule has 5 aromatic rings. The third-order valence-electron chi connectivity index (χ3n) is 11.1. The number of amides is 4. The van der Waals surface area contributed by atoms with Crippen molar-refractivity contribution in [2.45, 2.75) is 52.5 Å². The van der Waals surface area contributed by atoms with Gasteiger partial charge in [0, 0.05) is 93.1 Å². The summed E-state index contributed by atoms with van der Waals surface area (Å²) in [6.07, 6.45) is 3.77. The molecule has 0 bridgehead atoms. The van der Waals surface area contributed by atoms with Crippen LogP contribution in [0.4, 0.5) is 33.5 Å². The van der Waals surface area contributed by atoms with Crippen LogP contribution in [0, 0.1) is 12.8 Å². The molecule has 0 saturated carbocycles. The number of piperazine rings is 1. The molecule has 3 N–H and O–H groups in total. The maximum Gasteiger partial charge on any atom is 0.328 e. The van der Waals surface area contributed by atoms with Crippen molar-refractivity contribution >= 4 is 46.5 Å². The Hall–Kier alpha value is -6.42. The number of carbonyl (C=O) groups is 3. The molecule has 0 spiro atoms. The lowest BCUT2D eigenvalue weighted by atomic mass is 9.96. The summed E-state index contributed by atoms with van der Waals surface area (Å²) in [7, 11) is 0. The predicted octanol–water partition coefficient (Wildman–Crippen LogP) is 5.47. The number of anilines is 5. The zero-order chi connectivity index (χ0) is 41.3. The first-order valence-corrected chi connectivity index (χ1v) is 20.1. The lowest BCUT2D eigenvalue weighted by molar-refractivity contribution is -0.120. The number of benzene rings is 2. The number of hydrogen-bond acceptors (Lipinski definition) is 13. The van der Waals surface area contributed by atoms with E-state index in [1.165, 1.54) is 6.33 Å². The number of urea groups is 1. The van der Waals surface area contributed by atoms with Crippen LogP contribution >= 0.6 is 0 Å². The molecule has 1 atom stereocenters. The Morgan fingerprint density at radius 3 is 2.31 bits per heavy atom. The second kappa shape index (κ2) is 16.4. The Morgan fingerprint density at radius 2 is 1.63 bits per heavy atom. The molecule has 4 amide bonds. The van der Waals surface area contributed by atoms with Gasteiger partial charge in [-0.3, -0.25) is 24.7 Å². The lowest BCUT2D eigenvalue weighted by Crippen LogP contribution is -2.55. The molecule has 0 unspecified atom stereocenters. The van der Waals surface area contributed by atoms with Gasteiger partial charge in [-0.15, -0.1) is 0 Å². The van der Waals surface area contributed by atoms with Crippen molar-refractivity contribution in [1.29, 1.82) is 0 Å². The summed E-state index contributed by atoms with van der Waals surface area (Å²) in [5, 5.41) is 12.6. The standard InChI is InChI=1S/C43H50N12O4/c1-27-20-30(6-12-34(27)28(2)47-39(57)40-50-41(51-59-40)43(3,4)5)35-21-37(46-26-45-35)48-36-13-11-33(22-44-36)53-18-16-52(17-19-53)23-29-24-54(25-29)31-7-9-32(10-8-31)55-15-14-38(56)49-42(55)58/h6-13,20-22,26,28-29H,14-19,23-25H2,1-5H3,(H,47,57)(H,49,56,58)(H,44,45,46,48)/t28-/m1/s1. The third kappa shape index (κ3) is 9.02. The third-order valence-corrected chi connectivity index (χ3v) is 11.1. The molecule has 8 rings (SSSR count). The van der Waals surface area contributed by atoms with E-state index in [9.17, 15) is 14.4 Å². The Bertz CT molecular complexity index is 2310. The van der Waals surface area contributed by atoms with Gasteiger partial charge in [-0.1, -0.05) is 38.1 Å². The van der Waals surface area contributed by atoms with Crippen molar-refractivity contribution in [3.05, 3.63) is 96.0 Å². The van der Waals surface area contributed by atoms with E-state index >= 15 is 0 Å². The van der Waals surface area contributed by atoms with Crippen LogP contribution in [0.3, 0.4) is 0 Å². The van der Waals surface area contributed by atoms with Gasteiger partial charge in [-0.25, -0.2) is 19.7 Å². The molecule has 2 aromatic carbocycles. The second-order valence-electron chi connectivity index (χ2n) is 16.6. The van der Waals surface area contributed by atoms with Crippen LogP contribution in [0.2, 0.25) is 0 Å². The molecule has 306 valence electrons. The molecule has 3 aliphatic rings. The number of aromatic nitrogens is 5. The number of aryl methyl sites for hydroxylation is 1. The largest absolute Gasteiger partial charge is 0.371 e. The minimum atomic E-state index is -0.414. The molecule has 6 heterocycles. The minimum Gasteiger partial charge on any atom is -0.371 e. The highest BCUT2D eigenvalue weighted by Crippen LogP contribution is 2.30. The molecule has 3 fully saturated rings. The maximum atomic E-state index is 12.8. The van der Waals surface area contributed by atoms with Crippen LogP contribution in [0.15, 0.2) is 77.7 Å². The van der Waals surface area contributed by atoms with Crippen molar-refractivity contribution in [2.24, 2.45) is 5.92 Å². The number of imide groups is 1. The monoisotopic (exact) mass is 798 g/mol. The van der Waals surface area contributed by atoms with Crippen molar-refractivity contribution in [3.8, 4) is 11.3 Å². The highest BCUT2D eigenvalue weighted by atomic mass is 16.5. The molecule has 3 aromatic heterocycles. The fourth-order valence-corrected chi connectivity index (χ4v) is 7.74. The summed E-state index contributed by atoms with van der Waals surface area (Å²) >= 11 is 0. The van der Waals surface area contributed by atoms with Crippen molar-refractivity contribution < 1.29 is 18.9 Å². The Kier molecular flexibility index (Phi) is 11.0. The van der Waals surface area contributed by atoms with Gasteiger partial charge >= 0.3 is 17.8 Å². The van der Waals surface area contributed by atoms with Crippen LogP contribution in [0.1, 0.15) is 67.8 Å². The van der Waals surface area contributed by atoms with E-state index in [0.717, 1.165) is 85.3 Å². The van der Waals surface area contributed by atoms with E-state index in [4.69, 9.17) is 9.51 Å². The van der Waals surface area contributed by atoms with Gasteiger partial charge in [0.1, 0.15) is 18.0 Å². The zero-order valence-electron chi connectivity index (χ0n) is 34.1. The Morgan fingerprint density at radius 1 is 0.881 bits per heavy atom. The van der Waals surface area contributed by atoms with Gasteiger partial charge in [0.2, 0.25) is 5.91 Å². The van der Waals surface area contributed by atoms with Crippen LogP contribution in [0.5, 0.6) is 0 Å². The number of nitrogens with one attached hydrogen (secondary N) is 3. The summed E-state index contributed by atoms with van der Waals surface area (Å²) in [5.74, 6) is 1.74. The van der Waals surface area contributed by atoms with Gasteiger partial charge in [-0.2, -0.15) is 4.98 Å². The summed E-state index contributed by atoms with van der Waals surface area (Å²) in [6.45, 7) is 17.2. The van der Waals surface area contributed by atoms with E-state index in [1.807, 2.05) is 77.2 Å². The van der Waals surface area contributed by atoms with Gasteiger partial charge in [-0.05, 0) is 67.4 Å². The first-order chi connectivity index (χ1) is 28.4. The lowest BCUT2D eigenvalue weighted by Gasteiger charge is -2.45. The summed E-state index contributed by atoms with van der Waals surface area (Å²) in [4.78, 5) is 63.4. The van der Waals surface area contributed by atoms with Gasteiger partial charge in [0.05, 0.1) is 23.6 Å². The molecule has 0 aliphatic carbocycles. The molecule has 16 heteroatoms. The van der Waals surface area contributed by atoms with Crippen molar-refractivity contribution in [2.75, 3.05) is 72.4 Å². The quantitative estimate of drug-likeness (QED) is 0.154. The zero-order valence-corrected chi connectivity index (χ0v) is 34.1. The fourth-order valence-electron chi connectivity index (χ4n) is 7.74. The Labute approximate surface area is 343 Å². The molecular weight excluding hydrogens is 749 g/mol. The highest BCUT2D eigenvalue weighted by molar-refractivity contribution is 6.05. The fraction of sp³-hybridized carbons (Fsp3) is 0.395. The van der Waals surface area contributed by atoms with Gasteiger partial charge in [0.15, 0.2) is 5.82 Å². The van der Waals surface area contributed by atoms with Gasteiger partial charge in [0.25, 0.3) is 0 Å². The molecule has 3 aliphatic heterocycles. The molecule has 3 saturated heterocycles. The predicted molar refractivity (Wildman–Crippen MR) is 225 cm³/mol. The van der Waals surface area contributed by atoms with Crippen LogP contribution in [-0.4, -0.2) is 100 Å². The van der Waals surface area contributed by atoms with Crippen molar-refractivity contribution in [1.82, 2.24) is 40.6 Å². The smallest absolute Gasteiger partial charge is 0.328 e. The molecule has 0 radical (unpaired) electrons. The van der Waals surface area contributed by atoms with E-state index in [-0.39, 0.29) is 29.3 Å². The number of nitrogens with zero attached hydrogens (tertiary/aromatic N) is 9.